The van der Waals surface area contributed by atoms with Crippen LogP contribution < -0.4 is 0 Å². The Bertz CT molecular complexity index is 563. The number of halogens is 1. The molecule has 3 heteroatoms. The van der Waals surface area contributed by atoms with Gasteiger partial charge in [-0.15, -0.1) is 0 Å². The Balaban J connectivity index is 2.10. The van der Waals surface area contributed by atoms with Crippen molar-refractivity contribution in [3.05, 3.63) is 47.0 Å². The minimum absolute atomic E-state index is 0.145. The van der Waals surface area contributed by atoms with Crippen LogP contribution in [0.5, 0.6) is 0 Å². The lowest BCUT2D eigenvalue weighted by molar-refractivity contribution is -0.143. The quantitative estimate of drug-likeness (QED) is 0.779. The number of hydrogen-bond donors (Lipinski definition) is 0. The van der Waals surface area contributed by atoms with Crippen molar-refractivity contribution in [3.63, 3.8) is 0 Å². The number of hydrogen-bond acceptors (Lipinski definition) is 2. The van der Waals surface area contributed by atoms with Crippen LogP contribution in [-0.4, -0.2) is 12.6 Å². The molecule has 2 nitrogen and oxygen atoms in total. The summed E-state index contributed by atoms with van der Waals surface area (Å²) in [5.74, 6) is -0.145. The maximum Gasteiger partial charge on any atom is 0.306 e. The third-order valence-electron chi connectivity index (χ3n) is 2.79. The molecule has 0 aromatic heterocycles. The molecule has 0 aliphatic rings. The molecule has 0 amide bonds. The maximum atomic E-state index is 11.3. The highest BCUT2D eigenvalue weighted by Crippen LogP contribution is 2.21. The van der Waals surface area contributed by atoms with Gasteiger partial charge in [0.05, 0.1) is 6.61 Å². The Labute approximate surface area is 112 Å². The Hall–Kier alpha value is -1.54. The molecule has 2 aromatic carbocycles. The summed E-state index contributed by atoms with van der Waals surface area (Å²) in [4.78, 5) is 11.3. The van der Waals surface area contributed by atoms with Gasteiger partial charge in [-0.05, 0) is 41.8 Å². The van der Waals surface area contributed by atoms with E-state index < -0.39 is 0 Å². The van der Waals surface area contributed by atoms with E-state index in [4.69, 9.17) is 16.3 Å². The van der Waals surface area contributed by atoms with E-state index in [1.165, 1.54) is 0 Å². The molecule has 0 aliphatic heterocycles. The van der Waals surface area contributed by atoms with E-state index in [1.807, 2.05) is 37.3 Å². The fraction of sp³-hybridized carbons (Fsp3) is 0.267. The molecule has 0 bridgehead atoms. The van der Waals surface area contributed by atoms with Crippen LogP contribution >= 0.6 is 11.6 Å². The first-order valence-electron chi connectivity index (χ1n) is 6.03. The smallest absolute Gasteiger partial charge is 0.306 e. The van der Waals surface area contributed by atoms with Crippen molar-refractivity contribution >= 4 is 28.3 Å². The summed E-state index contributed by atoms with van der Waals surface area (Å²) in [6, 6.07) is 11.9. The van der Waals surface area contributed by atoms with E-state index in [-0.39, 0.29) is 5.97 Å². The molecule has 0 atom stereocenters. The molecule has 0 radical (unpaired) electrons. The Morgan fingerprint density at radius 2 is 1.89 bits per heavy atom. The second kappa shape index (κ2) is 5.87. The minimum Gasteiger partial charge on any atom is -0.466 e. The zero-order valence-electron chi connectivity index (χ0n) is 10.3. The second-order valence-corrected chi connectivity index (χ2v) is 4.57. The molecule has 0 saturated carbocycles. The van der Waals surface area contributed by atoms with Crippen LogP contribution in [0.25, 0.3) is 10.8 Å². The van der Waals surface area contributed by atoms with E-state index in [1.54, 1.807) is 0 Å². The Morgan fingerprint density at radius 3 is 2.67 bits per heavy atom. The van der Waals surface area contributed by atoms with E-state index in [9.17, 15) is 4.79 Å². The van der Waals surface area contributed by atoms with Gasteiger partial charge in [0.15, 0.2) is 0 Å². The van der Waals surface area contributed by atoms with Gasteiger partial charge in [0, 0.05) is 11.4 Å². The lowest BCUT2D eigenvalue weighted by atomic mass is 10.0. The highest BCUT2D eigenvalue weighted by molar-refractivity contribution is 6.31. The molecule has 94 valence electrons. The van der Waals surface area contributed by atoms with Gasteiger partial charge in [0.2, 0.25) is 0 Å². The van der Waals surface area contributed by atoms with E-state index in [2.05, 4.69) is 6.07 Å². The summed E-state index contributed by atoms with van der Waals surface area (Å²) in [6.45, 7) is 2.26. The highest BCUT2D eigenvalue weighted by Gasteiger charge is 2.03. The summed E-state index contributed by atoms with van der Waals surface area (Å²) >= 11 is 5.93. The SMILES string of the molecule is CCOC(=O)CCc1ccc2cc(Cl)ccc2c1. The summed E-state index contributed by atoms with van der Waals surface area (Å²) in [5.41, 5.74) is 1.14. The molecular formula is C15H15ClO2. The van der Waals surface area contributed by atoms with Crippen LogP contribution in [-0.2, 0) is 16.0 Å². The molecule has 2 rings (SSSR count). The number of carbonyl (C=O) groups excluding carboxylic acids is 1. The van der Waals surface area contributed by atoms with Crippen LogP contribution in [0.4, 0.5) is 0 Å². The molecular weight excluding hydrogens is 248 g/mol. The van der Waals surface area contributed by atoms with Crippen molar-refractivity contribution in [1.82, 2.24) is 0 Å². The summed E-state index contributed by atoms with van der Waals surface area (Å²) < 4.78 is 4.91. The van der Waals surface area contributed by atoms with E-state index in [0.29, 0.717) is 19.4 Å². The standard InChI is InChI=1S/C15H15ClO2/c1-2-18-15(17)8-4-11-3-5-13-10-14(16)7-6-12(13)9-11/h3,5-7,9-10H,2,4,8H2,1H3. The summed E-state index contributed by atoms with van der Waals surface area (Å²) in [7, 11) is 0. The molecule has 0 fully saturated rings. The van der Waals surface area contributed by atoms with Crippen molar-refractivity contribution in [1.29, 1.82) is 0 Å². The molecule has 0 spiro atoms. The second-order valence-electron chi connectivity index (χ2n) is 4.13. The highest BCUT2D eigenvalue weighted by atomic mass is 35.5. The number of esters is 1. The number of carbonyl (C=O) groups is 1. The Kier molecular flexibility index (Phi) is 4.21. The monoisotopic (exact) mass is 262 g/mol. The van der Waals surface area contributed by atoms with Crippen molar-refractivity contribution < 1.29 is 9.53 Å². The minimum atomic E-state index is -0.145. The van der Waals surface area contributed by atoms with Crippen LogP contribution in [0.1, 0.15) is 18.9 Å². The average molecular weight is 263 g/mol. The third-order valence-corrected chi connectivity index (χ3v) is 3.02. The van der Waals surface area contributed by atoms with Crippen molar-refractivity contribution in [2.45, 2.75) is 19.8 Å². The lowest BCUT2D eigenvalue weighted by Crippen LogP contribution is -2.05. The average Bonchev–Trinajstić information content (AvgIpc) is 2.36. The lowest BCUT2D eigenvalue weighted by Gasteiger charge is -2.04. The maximum absolute atomic E-state index is 11.3. The topological polar surface area (TPSA) is 26.3 Å². The largest absolute Gasteiger partial charge is 0.466 e. The molecule has 2 aromatic rings. The summed E-state index contributed by atoms with van der Waals surface area (Å²) in [6.07, 6.45) is 1.13. The summed E-state index contributed by atoms with van der Waals surface area (Å²) in [5, 5.41) is 2.99. The predicted octanol–water partition coefficient (Wildman–Crippen LogP) is 3.99. The van der Waals surface area contributed by atoms with Gasteiger partial charge in [-0.25, -0.2) is 0 Å². The van der Waals surface area contributed by atoms with Gasteiger partial charge in [-0.3, -0.25) is 4.79 Å². The molecule has 0 N–H and O–H groups in total. The van der Waals surface area contributed by atoms with Crippen LogP contribution in [0.2, 0.25) is 5.02 Å². The molecule has 0 heterocycles. The fourth-order valence-corrected chi connectivity index (χ4v) is 2.08. The molecule has 0 unspecified atom stereocenters. The normalized spacial score (nSPS) is 10.6. The van der Waals surface area contributed by atoms with Crippen LogP contribution in [0, 0.1) is 0 Å². The third kappa shape index (κ3) is 3.23. The number of benzene rings is 2. The van der Waals surface area contributed by atoms with Gasteiger partial charge in [-0.2, -0.15) is 0 Å². The zero-order chi connectivity index (χ0) is 13.0. The first-order chi connectivity index (χ1) is 8.69. The number of aryl methyl sites for hydroxylation is 1. The molecule has 18 heavy (non-hydrogen) atoms. The fourth-order valence-electron chi connectivity index (χ4n) is 1.90. The Morgan fingerprint density at radius 1 is 1.17 bits per heavy atom. The number of ether oxygens (including phenoxy) is 1. The molecule has 0 aliphatic carbocycles. The predicted molar refractivity (Wildman–Crippen MR) is 73.9 cm³/mol. The van der Waals surface area contributed by atoms with Crippen LogP contribution in [0.3, 0.4) is 0 Å². The van der Waals surface area contributed by atoms with Crippen LogP contribution in [0.15, 0.2) is 36.4 Å². The van der Waals surface area contributed by atoms with Gasteiger partial charge in [0.25, 0.3) is 0 Å². The zero-order valence-corrected chi connectivity index (χ0v) is 11.0. The molecule has 0 saturated heterocycles. The number of fused-ring (bicyclic) bond motifs is 1. The van der Waals surface area contributed by atoms with Crippen molar-refractivity contribution in [2.24, 2.45) is 0 Å². The van der Waals surface area contributed by atoms with E-state index >= 15 is 0 Å². The number of rotatable bonds is 4. The van der Waals surface area contributed by atoms with E-state index in [0.717, 1.165) is 21.4 Å². The van der Waals surface area contributed by atoms with Gasteiger partial charge in [0.1, 0.15) is 0 Å². The van der Waals surface area contributed by atoms with Gasteiger partial charge >= 0.3 is 5.97 Å². The van der Waals surface area contributed by atoms with Gasteiger partial charge < -0.3 is 4.74 Å². The van der Waals surface area contributed by atoms with Crippen molar-refractivity contribution in [3.8, 4) is 0 Å². The first-order valence-corrected chi connectivity index (χ1v) is 6.40. The first kappa shape index (κ1) is 12.9. The van der Waals surface area contributed by atoms with Gasteiger partial charge in [-0.1, -0.05) is 35.9 Å². The van der Waals surface area contributed by atoms with Crippen molar-refractivity contribution in [2.75, 3.05) is 6.61 Å².